The number of anilines is 1. The van der Waals surface area contributed by atoms with Gasteiger partial charge in [-0.05, 0) is 44.9 Å². The Morgan fingerprint density at radius 1 is 1.29 bits per heavy atom. The molecule has 0 aliphatic heterocycles. The first-order chi connectivity index (χ1) is 8.42. The molecule has 3 rings (SSSR count). The first kappa shape index (κ1) is 11.2. The Kier molecular flexibility index (Phi) is 3.41. The molecule has 0 saturated heterocycles. The molecule has 0 unspecified atom stereocenters. The lowest BCUT2D eigenvalue weighted by Gasteiger charge is -2.12. The topological polar surface area (TPSA) is 37.8 Å². The number of rotatable bonds is 5. The van der Waals surface area contributed by atoms with Crippen LogP contribution in [-0.4, -0.2) is 16.7 Å². The predicted octanol–water partition coefficient (Wildman–Crippen LogP) is 3.72. The zero-order chi connectivity index (χ0) is 11.5. The molecule has 1 fully saturated rings. The summed E-state index contributed by atoms with van der Waals surface area (Å²) in [7, 11) is 0. The van der Waals surface area contributed by atoms with Crippen LogP contribution < -0.4 is 5.32 Å². The Morgan fingerprint density at radius 2 is 2.24 bits per heavy atom. The molecule has 0 radical (unpaired) electrons. The molecule has 1 saturated carbocycles. The Labute approximate surface area is 106 Å². The fraction of sp³-hybridized carbons (Fsp3) is 0.692. The van der Waals surface area contributed by atoms with Crippen LogP contribution in [-0.2, 0) is 0 Å². The fourth-order valence-corrected chi connectivity index (χ4v) is 3.20. The maximum absolute atomic E-state index is 4.24. The number of nitrogens with one attached hydrogen (secondary N) is 1. The third-order valence-corrected chi connectivity index (χ3v) is 4.52. The molecule has 4 heteroatoms. The molecule has 1 heterocycles. The fourth-order valence-electron chi connectivity index (χ4n) is 2.26. The molecule has 1 aromatic heterocycles. The molecule has 92 valence electrons. The van der Waals surface area contributed by atoms with Gasteiger partial charge in [-0.15, -0.1) is 10.2 Å². The quantitative estimate of drug-likeness (QED) is 0.808. The number of nitrogens with zero attached hydrogens (tertiary/aromatic N) is 2. The summed E-state index contributed by atoms with van der Waals surface area (Å²) in [5, 5.41) is 14.1. The van der Waals surface area contributed by atoms with Gasteiger partial charge in [-0.1, -0.05) is 23.0 Å². The number of hydrogen-bond acceptors (Lipinski definition) is 4. The maximum atomic E-state index is 4.24. The zero-order valence-corrected chi connectivity index (χ0v) is 10.9. The average molecular weight is 249 g/mol. The molecular formula is C13H19N3S. The minimum Gasteiger partial charge on any atom is -0.360 e. The van der Waals surface area contributed by atoms with Crippen LogP contribution in [0.4, 0.5) is 5.13 Å². The Morgan fingerprint density at radius 3 is 3.00 bits per heavy atom. The van der Waals surface area contributed by atoms with E-state index in [4.69, 9.17) is 0 Å². The summed E-state index contributed by atoms with van der Waals surface area (Å²) < 4.78 is 0. The molecule has 0 bridgehead atoms. The van der Waals surface area contributed by atoms with Crippen LogP contribution in [0, 0.1) is 0 Å². The van der Waals surface area contributed by atoms with Gasteiger partial charge in [-0.2, -0.15) is 0 Å². The van der Waals surface area contributed by atoms with E-state index in [2.05, 4.69) is 21.6 Å². The summed E-state index contributed by atoms with van der Waals surface area (Å²) >= 11 is 1.74. The number of aromatic nitrogens is 2. The Hall–Kier alpha value is -0.900. The van der Waals surface area contributed by atoms with Crippen LogP contribution in [0.2, 0.25) is 0 Å². The molecule has 0 spiro atoms. The van der Waals surface area contributed by atoms with Gasteiger partial charge in [0.15, 0.2) is 0 Å². The third kappa shape index (κ3) is 3.06. The van der Waals surface area contributed by atoms with Gasteiger partial charge in [0.2, 0.25) is 5.13 Å². The van der Waals surface area contributed by atoms with E-state index in [1.54, 1.807) is 16.9 Å². The minimum absolute atomic E-state index is 0.726. The second-order valence-electron chi connectivity index (χ2n) is 5.00. The summed E-state index contributed by atoms with van der Waals surface area (Å²) in [4.78, 5) is 0. The molecule has 1 N–H and O–H groups in total. The number of allylic oxidation sites excluding steroid dienone is 1. The van der Waals surface area contributed by atoms with Crippen molar-refractivity contribution in [3.05, 3.63) is 16.7 Å². The lowest BCUT2D eigenvalue weighted by Crippen LogP contribution is -2.04. The highest BCUT2D eigenvalue weighted by molar-refractivity contribution is 7.15. The van der Waals surface area contributed by atoms with Crippen LogP contribution in [0.15, 0.2) is 11.6 Å². The summed E-state index contributed by atoms with van der Waals surface area (Å²) in [5.41, 5.74) is 1.62. The van der Waals surface area contributed by atoms with E-state index < -0.39 is 0 Å². The van der Waals surface area contributed by atoms with Gasteiger partial charge < -0.3 is 5.32 Å². The molecule has 17 heavy (non-hydrogen) atoms. The highest BCUT2D eigenvalue weighted by atomic mass is 32.1. The highest BCUT2D eigenvalue weighted by Gasteiger charge is 2.27. The van der Waals surface area contributed by atoms with Crippen molar-refractivity contribution in [2.45, 2.75) is 50.9 Å². The molecule has 2 aliphatic rings. The second kappa shape index (κ2) is 5.17. The van der Waals surface area contributed by atoms with E-state index in [9.17, 15) is 0 Å². The first-order valence-electron chi connectivity index (χ1n) is 6.67. The zero-order valence-electron chi connectivity index (χ0n) is 10.1. The second-order valence-corrected chi connectivity index (χ2v) is 6.01. The molecule has 0 aromatic carbocycles. The molecule has 2 aliphatic carbocycles. The van der Waals surface area contributed by atoms with Crippen molar-refractivity contribution in [2.75, 3.05) is 11.9 Å². The third-order valence-electron chi connectivity index (χ3n) is 3.47. The Bertz CT molecular complexity index is 407. The van der Waals surface area contributed by atoms with Gasteiger partial charge in [0.25, 0.3) is 0 Å². The van der Waals surface area contributed by atoms with Crippen molar-refractivity contribution in [1.29, 1.82) is 0 Å². The van der Waals surface area contributed by atoms with E-state index in [0.29, 0.717) is 0 Å². The van der Waals surface area contributed by atoms with E-state index >= 15 is 0 Å². The van der Waals surface area contributed by atoms with Crippen molar-refractivity contribution in [3.8, 4) is 0 Å². The van der Waals surface area contributed by atoms with Crippen molar-refractivity contribution in [1.82, 2.24) is 10.2 Å². The molecular weight excluding hydrogens is 230 g/mol. The van der Waals surface area contributed by atoms with E-state index in [-0.39, 0.29) is 0 Å². The van der Waals surface area contributed by atoms with Crippen LogP contribution in [0.5, 0.6) is 0 Å². The molecule has 0 atom stereocenters. The number of hydrogen-bond donors (Lipinski definition) is 1. The van der Waals surface area contributed by atoms with Crippen LogP contribution in [0.25, 0.3) is 0 Å². The van der Waals surface area contributed by atoms with Crippen LogP contribution >= 0.6 is 11.3 Å². The largest absolute Gasteiger partial charge is 0.360 e. The smallest absolute Gasteiger partial charge is 0.205 e. The lowest BCUT2D eigenvalue weighted by molar-refractivity contribution is 0.679. The first-order valence-corrected chi connectivity index (χ1v) is 7.48. The molecule has 3 nitrogen and oxygen atoms in total. The van der Waals surface area contributed by atoms with Gasteiger partial charge in [-0.3, -0.25) is 0 Å². The van der Waals surface area contributed by atoms with E-state index in [1.165, 1.54) is 50.0 Å². The van der Waals surface area contributed by atoms with Crippen LogP contribution in [0.1, 0.15) is 55.9 Å². The van der Waals surface area contributed by atoms with E-state index in [1.807, 2.05) is 0 Å². The summed E-state index contributed by atoms with van der Waals surface area (Å²) in [5.74, 6) is 0.726. The monoisotopic (exact) mass is 249 g/mol. The standard InChI is InChI=1S/C13H19N3S/c1-2-4-10(5-3-1)8-9-14-13-16-15-12(17-13)11-6-7-11/h4,11H,1-3,5-9H2,(H,14,16). The van der Waals surface area contributed by atoms with Gasteiger partial charge in [0, 0.05) is 12.5 Å². The van der Waals surface area contributed by atoms with Gasteiger partial charge >= 0.3 is 0 Å². The van der Waals surface area contributed by atoms with Crippen molar-refractivity contribution < 1.29 is 0 Å². The average Bonchev–Trinajstić information content (AvgIpc) is 3.11. The summed E-state index contributed by atoms with van der Waals surface area (Å²) in [6, 6.07) is 0. The predicted molar refractivity (Wildman–Crippen MR) is 71.5 cm³/mol. The molecule has 0 amide bonds. The molecule has 1 aromatic rings. The Balaban J connectivity index is 1.45. The van der Waals surface area contributed by atoms with Crippen molar-refractivity contribution >= 4 is 16.5 Å². The highest BCUT2D eigenvalue weighted by Crippen LogP contribution is 2.42. The SMILES string of the molecule is C1=C(CCNc2nnc(C3CC3)s2)CCCC1. The normalized spacial score (nSPS) is 20.1. The maximum Gasteiger partial charge on any atom is 0.205 e. The summed E-state index contributed by atoms with van der Waals surface area (Å²) in [6.45, 7) is 1.01. The van der Waals surface area contributed by atoms with Crippen molar-refractivity contribution in [3.63, 3.8) is 0 Å². The summed E-state index contributed by atoms with van der Waals surface area (Å²) in [6.07, 6.45) is 11.5. The van der Waals surface area contributed by atoms with Crippen LogP contribution in [0.3, 0.4) is 0 Å². The van der Waals surface area contributed by atoms with Gasteiger partial charge in [-0.25, -0.2) is 0 Å². The van der Waals surface area contributed by atoms with Gasteiger partial charge in [0.1, 0.15) is 5.01 Å². The van der Waals surface area contributed by atoms with Gasteiger partial charge in [0.05, 0.1) is 0 Å². The van der Waals surface area contributed by atoms with Crippen molar-refractivity contribution in [2.24, 2.45) is 0 Å². The minimum atomic E-state index is 0.726. The van der Waals surface area contributed by atoms with E-state index in [0.717, 1.165) is 17.6 Å². The lowest BCUT2D eigenvalue weighted by atomic mass is 9.97.